The van der Waals surface area contributed by atoms with Crippen LogP contribution in [0.2, 0.25) is 0 Å². The maximum atomic E-state index is 6.05. The van der Waals surface area contributed by atoms with Crippen molar-refractivity contribution < 1.29 is 14.0 Å². The first-order chi connectivity index (χ1) is 14.8. The second-order valence-corrected chi connectivity index (χ2v) is 7.85. The van der Waals surface area contributed by atoms with Crippen molar-refractivity contribution in [2.24, 2.45) is 0 Å². The van der Waals surface area contributed by atoms with Crippen LogP contribution in [0.3, 0.4) is 0 Å². The second-order valence-electron chi connectivity index (χ2n) is 7.85. The summed E-state index contributed by atoms with van der Waals surface area (Å²) in [5.74, 6) is 1.51. The molecule has 1 saturated heterocycles. The molecule has 4 aromatic rings. The zero-order valence-electron chi connectivity index (χ0n) is 17.3. The first-order valence-electron chi connectivity index (χ1n) is 10.7. The number of hydrogen-bond acceptors (Lipinski definition) is 5. The standard InChI is InChI=1S/C24H27N3O3/c1-28-22-15-17-10-11-25-19(17)16-23(22)29-14-6-7-18-24-20(27-12-3-2-4-13-27)8-5-9-21(24)30-26-18/h5,8-11,15-16,25H,2-4,6-7,12-14H2,1H3. The van der Waals surface area contributed by atoms with E-state index in [1.807, 2.05) is 30.5 Å². The lowest BCUT2D eigenvalue weighted by Gasteiger charge is -2.29. The first-order valence-corrected chi connectivity index (χ1v) is 10.7. The number of anilines is 1. The molecule has 0 radical (unpaired) electrons. The second kappa shape index (κ2) is 8.30. The Labute approximate surface area is 175 Å². The summed E-state index contributed by atoms with van der Waals surface area (Å²) in [5.41, 5.74) is 4.18. The summed E-state index contributed by atoms with van der Waals surface area (Å²) in [5, 5.41) is 6.64. The molecule has 0 aliphatic carbocycles. The van der Waals surface area contributed by atoms with Crippen LogP contribution >= 0.6 is 0 Å². The zero-order chi connectivity index (χ0) is 20.3. The van der Waals surface area contributed by atoms with Gasteiger partial charge in [0.1, 0.15) is 0 Å². The van der Waals surface area contributed by atoms with E-state index in [2.05, 4.69) is 27.2 Å². The van der Waals surface area contributed by atoms with Gasteiger partial charge in [-0.2, -0.15) is 0 Å². The van der Waals surface area contributed by atoms with Gasteiger partial charge in [-0.15, -0.1) is 0 Å². The summed E-state index contributed by atoms with van der Waals surface area (Å²) in [6, 6.07) is 12.3. The molecule has 30 heavy (non-hydrogen) atoms. The van der Waals surface area contributed by atoms with Crippen LogP contribution in [0, 0.1) is 0 Å². The van der Waals surface area contributed by atoms with Crippen molar-refractivity contribution in [1.82, 2.24) is 10.1 Å². The van der Waals surface area contributed by atoms with E-state index < -0.39 is 0 Å². The molecule has 0 spiro atoms. The van der Waals surface area contributed by atoms with Crippen LogP contribution in [0.25, 0.3) is 21.9 Å². The summed E-state index contributed by atoms with van der Waals surface area (Å²) in [6.45, 7) is 2.80. The van der Waals surface area contributed by atoms with Crippen LogP contribution in [0.5, 0.6) is 11.5 Å². The van der Waals surface area contributed by atoms with Gasteiger partial charge >= 0.3 is 0 Å². The van der Waals surface area contributed by atoms with E-state index in [0.717, 1.165) is 65.0 Å². The highest BCUT2D eigenvalue weighted by Gasteiger charge is 2.18. The third kappa shape index (κ3) is 3.58. The molecule has 2 aromatic carbocycles. The molecule has 1 aliphatic heterocycles. The maximum Gasteiger partial charge on any atom is 0.169 e. The van der Waals surface area contributed by atoms with Crippen LogP contribution < -0.4 is 14.4 Å². The Bertz CT molecular complexity index is 1140. The maximum absolute atomic E-state index is 6.05. The molecule has 156 valence electrons. The normalized spacial score (nSPS) is 14.5. The number of fused-ring (bicyclic) bond motifs is 2. The van der Waals surface area contributed by atoms with E-state index in [4.69, 9.17) is 14.0 Å². The topological polar surface area (TPSA) is 63.5 Å². The molecule has 6 heteroatoms. The van der Waals surface area contributed by atoms with Gasteiger partial charge in [0.05, 0.1) is 24.8 Å². The fourth-order valence-electron chi connectivity index (χ4n) is 4.36. The van der Waals surface area contributed by atoms with Gasteiger partial charge in [-0.05, 0) is 56.4 Å². The monoisotopic (exact) mass is 405 g/mol. The van der Waals surface area contributed by atoms with Crippen LogP contribution in [0.4, 0.5) is 5.69 Å². The van der Waals surface area contributed by atoms with E-state index in [1.165, 1.54) is 24.9 Å². The number of nitrogens with one attached hydrogen (secondary N) is 1. The highest BCUT2D eigenvalue weighted by Crippen LogP contribution is 2.33. The molecule has 0 saturated carbocycles. The molecule has 0 unspecified atom stereocenters. The lowest BCUT2D eigenvalue weighted by Crippen LogP contribution is -2.29. The Morgan fingerprint density at radius 1 is 1.10 bits per heavy atom. The fraction of sp³-hybridized carbons (Fsp3) is 0.375. The first kappa shape index (κ1) is 18.9. The molecule has 6 nitrogen and oxygen atoms in total. The summed E-state index contributed by atoms with van der Waals surface area (Å²) >= 11 is 0. The summed E-state index contributed by atoms with van der Waals surface area (Å²) in [4.78, 5) is 5.69. The van der Waals surface area contributed by atoms with Crippen LogP contribution in [0.15, 0.2) is 47.1 Å². The number of H-pyrrole nitrogens is 1. The number of nitrogens with zero attached hydrogens (tertiary/aromatic N) is 2. The molecular formula is C24H27N3O3. The number of rotatable bonds is 7. The van der Waals surface area contributed by atoms with Crippen LogP contribution in [-0.2, 0) is 6.42 Å². The minimum atomic E-state index is 0.586. The number of piperidine rings is 1. The fourth-order valence-corrected chi connectivity index (χ4v) is 4.36. The van der Waals surface area contributed by atoms with Crippen molar-refractivity contribution in [1.29, 1.82) is 0 Å². The average Bonchev–Trinajstić information content (AvgIpc) is 3.43. The predicted octanol–water partition coefficient (Wildman–Crippen LogP) is 5.32. The number of aromatic nitrogens is 2. The minimum Gasteiger partial charge on any atom is -0.493 e. The summed E-state index contributed by atoms with van der Waals surface area (Å²) < 4.78 is 17.2. The molecular weight excluding hydrogens is 378 g/mol. The third-order valence-corrected chi connectivity index (χ3v) is 5.90. The Balaban J connectivity index is 1.29. The van der Waals surface area contributed by atoms with Gasteiger partial charge < -0.3 is 23.9 Å². The van der Waals surface area contributed by atoms with E-state index >= 15 is 0 Å². The molecule has 3 heterocycles. The quantitative estimate of drug-likeness (QED) is 0.422. The van der Waals surface area contributed by atoms with E-state index in [0.29, 0.717) is 6.61 Å². The number of benzene rings is 2. The van der Waals surface area contributed by atoms with Gasteiger partial charge in [0, 0.05) is 41.9 Å². The Morgan fingerprint density at radius 2 is 2.00 bits per heavy atom. The number of aryl methyl sites for hydroxylation is 1. The molecule has 0 atom stereocenters. The molecule has 1 N–H and O–H groups in total. The highest BCUT2D eigenvalue weighted by atomic mass is 16.5. The van der Waals surface area contributed by atoms with Crippen molar-refractivity contribution >= 4 is 27.6 Å². The van der Waals surface area contributed by atoms with Crippen molar-refractivity contribution in [2.45, 2.75) is 32.1 Å². The van der Waals surface area contributed by atoms with Crippen molar-refractivity contribution in [3.8, 4) is 11.5 Å². The van der Waals surface area contributed by atoms with Gasteiger partial charge in [-0.1, -0.05) is 11.2 Å². The van der Waals surface area contributed by atoms with Gasteiger partial charge in [-0.3, -0.25) is 0 Å². The van der Waals surface area contributed by atoms with Crippen molar-refractivity contribution in [2.75, 3.05) is 31.7 Å². The summed E-state index contributed by atoms with van der Waals surface area (Å²) in [7, 11) is 1.67. The van der Waals surface area contributed by atoms with E-state index in [1.54, 1.807) is 7.11 Å². The molecule has 2 aromatic heterocycles. The van der Waals surface area contributed by atoms with Crippen molar-refractivity contribution in [3.05, 3.63) is 48.3 Å². The summed E-state index contributed by atoms with van der Waals surface area (Å²) in [6.07, 6.45) is 7.39. The van der Waals surface area contributed by atoms with E-state index in [9.17, 15) is 0 Å². The molecule has 1 aliphatic rings. The molecule has 0 bridgehead atoms. The van der Waals surface area contributed by atoms with Gasteiger partial charge in [0.2, 0.25) is 0 Å². The Kier molecular flexibility index (Phi) is 5.22. The van der Waals surface area contributed by atoms with Crippen LogP contribution in [-0.4, -0.2) is 36.9 Å². The lowest BCUT2D eigenvalue weighted by molar-refractivity contribution is 0.289. The Morgan fingerprint density at radius 3 is 2.87 bits per heavy atom. The molecule has 1 fully saturated rings. The molecule has 0 amide bonds. The highest BCUT2D eigenvalue weighted by molar-refractivity contribution is 5.93. The largest absolute Gasteiger partial charge is 0.493 e. The van der Waals surface area contributed by atoms with Crippen LogP contribution in [0.1, 0.15) is 31.4 Å². The smallest absolute Gasteiger partial charge is 0.169 e. The number of hydrogen-bond donors (Lipinski definition) is 1. The predicted molar refractivity (Wildman–Crippen MR) is 119 cm³/mol. The number of aromatic amines is 1. The zero-order valence-corrected chi connectivity index (χ0v) is 17.3. The average molecular weight is 405 g/mol. The minimum absolute atomic E-state index is 0.586. The van der Waals surface area contributed by atoms with Gasteiger partial charge in [0.25, 0.3) is 0 Å². The Hall–Kier alpha value is -3.15. The van der Waals surface area contributed by atoms with E-state index in [-0.39, 0.29) is 0 Å². The number of methoxy groups -OCH3 is 1. The SMILES string of the molecule is COc1cc2cc[nH]c2cc1OCCCc1noc2cccc(N3CCCCC3)c12. The van der Waals surface area contributed by atoms with Gasteiger partial charge in [-0.25, -0.2) is 0 Å². The van der Waals surface area contributed by atoms with Crippen molar-refractivity contribution in [3.63, 3.8) is 0 Å². The van der Waals surface area contributed by atoms with Gasteiger partial charge in [0.15, 0.2) is 17.1 Å². The number of ether oxygens (including phenoxy) is 2. The lowest BCUT2D eigenvalue weighted by atomic mass is 10.1. The third-order valence-electron chi connectivity index (χ3n) is 5.90. The molecule has 5 rings (SSSR count).